The lowest BCUT2D eigenvalue weighted by Crippen LogP contribution is -2.43. The molecule has 2 heterocycles. The number of aryl methyl sites for hydroxylation is 1. The molecule has 0 spiro atoms. The van der Waals surface area contributed by atoms with Gasteiger partial charge >= 0.3 is 0 Å². The number of aromatic nitrogens is 2. The minimum absolute atomic E-state index is 0.583. The molecule has 0 amide bonds. The van der Waals surface area contributed by atoms with Crippen LogP contribution in [0.25, 0.3) is 0 Å². The zero-order valence-electron chi connectivity index (χ0n) is 10.9. The van der Waals surface area contributed by atoms with Gasteiger partial charge in [0.1, 0.15) is 0 Å². The normalized spacial score (nSPS) is 25.1. The first-order valence-electron chi connectivity index (χ1n) is 6.58. The van der Waals surface area contributed by atoms with Crippen LogP contribution >= 0.6 is 0 Å². The molecule has 96 valence electrons. The molecular weight excluding hydrogens is 214 g/mol. The van der Waals surface area contributed by atoms with Crippen molar-refractivity contribution in [3.8, 4) is 0 Å². The maximum atomic E-state index is 5.60. The van der Waals surface area contributed by atoms with Crippen LogP contribution in [0.15, 0.2) is 12.4 Å². The van der Waals surface area contributed by atoms with Gasteiger partial charge in [0, 0.05) is 31.8 Å². The van der Waals surface area contributed by atoms with Crippen molar-refractivity contribution in [3.05, 3.63) is 18.0 Å². The fraction of sp³-hybridized carbons (Fsp3) is 0.769. The van der Waals surface area contributed by atoms with Gasteiger partial charge in [-0.05, 0) is 31.4 Å². The van der Waals surface area contributed by atoms with Crippen LogP contribution in [0.2, 0.25) is 0 Å². The van der Waals surface area contributed by atoms with Crippen LogP contribution in [0.5, 0.6) is 0 Å². The monoisotopic (exact) mass is 237 g/mol. The van der Waals surface area contributed by atoms with Crippen molar-refractivity contribution < 1.29 is 4.74 Å². The Hall–Kier alpha value is -0.870. The first-order chi connectivity index (χ1) is 8.29. The van der Waals surface area contributed by atoms with Crippen molar-refractivity contribution in [1.29, 1.82) is 0 Å². The summed E-state index contributed by atoms with van der Waals surface area (Å²) in [4.78, 5) is 0. The predicted octanol–water partition coefficient (Wildman–Crippen LogP) is 1.37. The van der Waals surface area contributed by atoms with Gasteiger partial charge in [0.2, 0.25) is 0 Å². The highest BCUT2D eigenvalue weighted by Crippen LogP contribution is 2.19. The molecule has 0 aliphatic carbocycles. The molecule has 2 rings (SSSR count). The number of hydrogen-bond donors (Lipinski definition) is 1. The first kappa shape index (κ1) is 12.6. The van der Waals surface area contributed by atoms with Gasteiger partial charge in [-0.2, -0.15) is 5.10 Å². The van der Waals surface area contributed by atoms with Crippen LogP contribution < -0.4 is 5.32 Å². The van der Waals surface area contributed by atoms with Crippen LogP contribution in [-0.2, 0) is 18.2 Å². The van der Waals surface area contributed by atoms with Crippen LogP contribution in [0.1, 0.15) is 25.3 Å². The largest absolute Gasteiger partial charge is 0.381 e. The standard InChI is InChI=1S/C13H23N3O/c1-3-5-14-13-4-6-17-10-12(13)7-11-8-15-16(2)9-11/h8-9,12-14H,3-7,10H2,1-2H3. The Morgan fingerprint density at radius 3 is 3.18 bits per heavy atom. The Balaban J connectivity index is 1.91. The smallest absolute Gasteiger partial charge is 0.0521 e. The molecule has 0 radical (unpaired) electrons. The Bertz CT molecular complexity index is 337. The van der Waals surface area contributed by atoms with Gasteiger partial charge in [0.05, 0.1) is 12.8 Å². The molecule has 17 heavy (non-hydrogen) atoms. The lowest BCUT2D eigenvalue weighted by molar-refractivity contribution is 0.0323. The van der Waals surface area contributed by atoms with Crippen molar-refractivity contribution in [1.82, 2.24) is 15.1 Å². The molecule has 4 nitrogen and oxygen atoms in total. The van der Waals surface area contributed by atoms with E-state index >= 15 is 0 Å². The van der Waals surface area contributed by atoms with E-state index in [9.17, 15) is 0 Å². The second kappa shape index (κ2) is 6.17. The van der Waals surface area contributed by atoms with E-state index in [0.717, 1.165) is 32.6 Å². The SMILES string of the molecule is CCCNC1CCOCC1Cc1cnn(C)c1. The summed E-state index contributed by atoms with van der Waals surface area (Å²) < 4.78 is 7.47. The third-order valence-corrected chi connectivity index (χ3v) is 3.39. The highest BCUT2D eigenvalue weighted by molar-refractivity contribution is 5.06. The van der Waals surface area contributed by atoms with E-state index in [0.29, 0.717) is 12.0 Å². The van der Waals surface area contributed by atoms with Crippen LogP contribution in [0.4, 0.5) is 0 Å². The van der Waals surface area contributed by atoms with Crippen molar-refractivity contribution in [2.45, 2.75) is 32.2 Å². The fourth-order valence-electron chi connectivity index (χ4n) is 2.48. The number of rotatable bonds is 5. The van der Waals surface area contributed by atoms with Gasteiger partial charge in [0.25, 0.3) is 0 Å². The second-order valence-corrected chi connectivity index (χ2v) is 4.91. The molecular formula is C13H23N3O. The Morgan fingerprint density at radius 1 is 1.59 bits per heavy atom. The van der Waals surface area contributed by atoms with E-state index in [-0.39, 0.29) is 0 Å². The number of nitrogens with zero attached hydrogens (tertiary/aromatic N) is 2. The van der Waals surface area contributed by atoms with E-state index in [4.69, 9.17) is 4.74 Å². The summed E-state index contributed by atoms with van der Waals surface area (Å²) in [6.45, 7) is 5.08. The van der Waals surface area contributed by atoms with Gasteiger partial charge < -0.3 is 10.1 Å². The minimum atomic E-state index is 0.583. The summed E-state index contributed by atoms with van der Waals surface area (Å²) in [5.41, 5.74) is 1.31. The quantitative estimate of drug-likeness (QED) is 0.840. The summed E-state index contributed by atoms with van der Waals surface area (Å²) in [5.74, 6) is 0.583. The number of hydrogen-bond acceptors (Lipinski definition) is 3. The molecule has 1 aromatic heterocycles. The third kappa shape index (κ3) is 3.54. The lowest BCUT2D eigenvalue weighted by Gasteiger charge is -2.32. The average molecular weight is 237 g/mol. The zero-order valence-corrected chi connectivity index (χ0v) is 10.9. The first-order valence-corrected chi connectivity index (χ1v) is 6.58. The fourth-order valence-corrected chi connectivity index (χ4v) is 2.48. The number of ether oxygens (including phenoxy) is 1. The highest BCUT2D eigenvalue weighted by atomic mass is 16.5. The maximum Gasteiger partial charge on any atom is 0.0521 e. The molecule has 4 heteroatoms. The van der Waals surface area contributed by atoms with Gasteiger partial charge in [0.15, 0.2) is 0 Å². The Labute approximate surface area is 103 Å². The van der Waals surface area contributed by atoms with Crippen LogP contribution in [-0.4, -0.2) is 35.6 Å². The summed E-state index contributed by atoms with van der Waals surface area (Å²) >= 11 is 0. The third-order valence-electron chi connectivity index (χ3n) is 3.39. The van der Waals surface area contributed by atoms with Crippen LogP contribution in [0.3, 0.4) is 0 Å². The molecule has 1 aliphatic rings. The lowest BCUT2D eigenvalue weighted by atomic mass is 9.90. The molecule has 1 saturated heterocycles. The zero-order chi connectivity index (χ0) is 12.1. The second-order valence-electron chi connectivity index (χ2n) is 4.91. The summed E-state index contributed by atoms with van der Waals surface area (Å²) in [7, 11) is 1.97. The molecule has 1 aliphatic heterocycles. The molecule has 2 unspecified atom stereocenters. The molecule has 0 aromatic carbocycles. The summed E-state index contributed by atoms with van der Waals surface area (Å²) in [6, 6.07) is 0.601. The van der Waals surface area contributed by atoms with Gasteiger partial charge in [-0.25, -0.2) is 0 Å². The van der Waals surface area contributed by atoms with E-state index in [1.807, 2.05) is 17.9 Å². The highest BCUT2D eigenvalue weighted by Gasteiger charge is 2.25. The van der Waals surface area contributed by atoms with Crippen molar-refractivity contribution >= 4 is 0 Å². The van der Waals surface area contributed by atoms with E-state index < -0.39 is 0 Å². The Kier molecular flexibility index (Phi) is 4.57. The molecule has 0 bridgehead atoms. The van der Waals surface area contributed by atoms with Gasteiger partial charge in [-0.1, -0.05) is 6.92 Å². The van der Waals surface area contributed by atoms with Crippen molar-refractivity contribution in [3.63, 3.8) is 0 Å². The van der Waals surface area contributed by atoms with Gasteiger partial charge in [-0.3, -0.25) is 4.68 Å². The molecule has 2 atom stereocenters. The Morgan fingerprint density at radius 2 is 2.47 bits per heavy atom. The van der Waals surface area contributed by atoms with E-state index in [2.05, 4.69) is 23.5 Å². The predicted molar refractivity (Wildman–Crippen MR) is 67.9 cm³/mol. The number of nitrogens with one attached hydrogen (secondary N) is 1. The molecule has 1 N–H and O–H groups in total. The minimum Gasteiger partial charge on any atom is -0.381 e. The topological polar surface area (TPSA) is 39.1 Å². The van der Waals surface area contributed by atoms with Crippen molar-refractivity contribution in [2.24, 2.45) is 13.0 Å². The average Bonchev–Trinajstić information content (AvgIpc) is 2.74. The summed E-state index contributed by atoms with van der Waals surface area (Å²) in [6.07, 6.45) is 7.45. The molecule has 1 fully saturated rings. The van der Waals surface area contributed by atoms with E-state index in [1.165, 1.54) is 12.0 Å². The van der Waals surface area contributed by atoms with Crippen molar-refractivity contribution in [2.75, 3.05) is 19.8 Å². The molecule has 0 saturated carbocycles. The van der Waals surface area contributed by atoms with Gasteiger partial charge in [-0.15, -0.1) is 0 Å². The summed E-state index contributed by atoms with van der Waals surface area (Å²) in [5, 5.41) is 7.87. The van der Waals surface area contributed by atoms with E-state index in [1.54, 1.807) is 0 Å². The van der Waals surface area contributed by atoms with Crippen LogP contribution in [0, 0.1) is 5.92 Å². The maximum absolute atomic E-state index is 5.60. The molecule has 1 aromatic rings.